The first-order chi connectivity index (χ1) is 35.4. The normalized spacial score (nSPS) is 42.7. The lowest BCUT2D eigenvalue weighted by Gasteiger charge is -2.48. The Bertz CT molecular complexity index is 2130. The average Bonchev–Trinajstić information content (AvgIpc) is 3.71. The first kappa shape index (κ1) is 57.5. The van der Waals surface area contributed by atoms with Crippen molar-refractivity contribution in [2.75, 3.05) is 34.0 Å². The molecule has 20 atom stereocenters. The number of carbonyl (C=O) groups is 3. The zero-order valence-corrected chi connectivity index (χ0v) is 44.8. The Morgan fingerprint density at radius 1 is 0.838 bits per heavy atom. The summed E-state index contributed by atoms with van der Waals surface area (Å²) in [4.78, 5) is 39.9. The molecule has 0 radical (unpaired) electrons. The van der Waals surface area contributed by atoms with Gasteiger partial charge < -0.3 is 71.4 Å². The van der Waals surface area contributed by atoms with Gasteiger partial charge in [-0.25, -0.2) is 9.59 Å². The Hall–Kier alpha value is -4.21. The highest BCUT2D eigenvalue weighted by atomic mass is 16.8. The van der Waals surface area contributed by atoms with Gasteiger partial charge in [0, 0.05) is 51.7 Å². The van der Waals surface area contributed by atoms with Crippen LogP contribution >= 0.6 is 0 Å². The number of esters is 1. The largest absolute Gasteiger partial charge is 0.509 e. The summed E-state index contributed by atoms with van der Waals surface area (Å²) in [5.74, 6) is -2.98. The fourth-order valence-corrected chi connectivity index (χ4v) is 11.4. The van der Waals surface area contributed by atoms with Crippen molar-refractivity contribution < 1.29 is 85.8 Å². The molecule has 4 saturated heterocycles. The third kappa shape index (κ3) is 13.0. The van der Waals surface area contributed by atoms with Crippen molar-refractivity contribution in [3.8, 4) is 0 Å². The van der Waals surface area contributed by atoms with Crippen molar-refractivity contribution in [1.82, 2.24) is 0 Å². The number of rotatable bonds is 14. The monoisotopic (exact) mass is 1040 g/mol. The van der Waals surface area contributed by atoms with Crippen LogP contribution in [0.2, 0.25) is 0 Å². The minimum absolute atomic E-state index is 0.0104. The Labute approximate surface area is 436 Å². The lowest BCUT2D eigenvalue weighted by Crippen LogP contribution is -2.59. The molecule has 0 saturated carbocycles. The Balaban J connectivity index is 1.16. The Kier molecular flexibility index (Phi) is 19.7. The van der Waals surface area contributed by atoms with Gasteiger partial charge in [0.25, 0.3) is 0 Å². The lowest BCUT2D eigenvalue weighted by atomic mass is 9.70. The summed E-state index contributed by atoms with van der Waals surface area (Å²) in [5, 5.41) is 13.0. The molecule has 0 aromatic rings. The van der Waals surface area contributed by atoms with Crippen LogP contribution in [0.3, 0.4) is 0 Å². The minimum atomic E-state index is -1.98. The molecule has 4 fully saturated rings. The Morgan fingerprint density at radius 3 is 2.15 bits per heavy atom. The van der Waals surface area contributed by atoms with Crippen LogP contribution in [0.5, 0.6) is 0 Å². The van der Waals surface area contributed by atoms with Gasteiger partial charge in [-0.3, -0.25) is 4.79 Å². The van der Waals surface area contributed by atoms with Crippen LogP contribution in [0.1, 0.15) is 93.9 Å². The van der Waals surface area contributed by atoms with Crippen LogP contribution in [0, 0.1) is 23.7 Å². The van der Waals surface area contributed by atoms with Crippen molar-refractivity contribution in [2.45, 2.75) is 191 Å². The summed E-state index contributed by atoms with van der Waals surface area (Å²) in [5.41, 5.74) is -0.173. The van der Waals surface area contributed by atoms with E-state index in [4.69, 9.17) is 66.3 Å². The van der Waals surface area contributed by atoms with E-state index in [9.17, 15) is 19.5 Å². The number of methoxy groups -OCH3 is 2. The van der Waals surface area contributed by atoms with E-state index < -0.39 is 115 Å². The second-order valence-corrected chi connectivity index (χ2v) is 20.8. The van der Waals surface area contributed by atoms with E-state index in [-0.39, 0.29) is 56.5 Å². The zero-order valence-electron chi connectivity index (χ0n) is 44.8. The maximum Gasteiger partial charge on any atom is 0.509 e. The summed E-state index contributed by atoms with van der Waals surface area (Å²) < 4.78 is 86.3. The van der Waals surface area contributed by atoms with E-state index in [1.165, 1.54) is 19.3 Å². The first-order valence-electron chi connectivity index (χ1n) is 26.2. The highest BCUT2D eigenvalue weighted by Gasteiger charge is 2.61. The molecule has 18 nitrogen and oxygen atoms in total. The average molecular weight is 1040 g/mol. The molecule has 7 rings (SSSR count). The third-order valence-corrected chi connectivity index (χ3v) is 15.5. The van der Waals surface area contributed by atoms with Crippen molar-refractivity contribution >= 4 is 18.3 Å². The maximum atomic E-state index is 14.7. The van der Waals surface area contributed by atoms with Gasteiger partial charge in [-0.05, 0) is 62.8 Å². The van der Waals surface area contributed by atoms with Gasteiger partial charge in [-0.2, -0.15) is 0 Å². The topological polar surface area (TPSA) is 201 Å². The minimum Gasteiger partial charge on any atom is -0.462 e. The summed E-state index contributed by atoms with van der Waals surface area (Å²) in [6.45, 7) is 22.9. The number of aliphatic hydroxyl groups is 1. The fourth-order valence-electron chi connectivity index (χ4n) is 11.4. The van der Waals surface area contributed by atoms with Crippen LogP contribution in [0.25, 0.3) is 0 Å². The number of carbonyl (C=O) groups excluding carboxylic acids is 3. The first-order valence-corrected chi connectivity index (χ1v) is 26.2. The van der Waals surface area contributed by atoms with E-state index in [0.29, 0.717) is 30.4 Å². The van der Waals surface area contributed by atoms with Crippen molar-refractivity contribution in [3.05, 3.63) is 84.6 Å². The van der Waals surface area contributed by atoms with Gasteiger partial charge in [0.1, 0.15) is 49.1 Å². The van der Waals surface area contributed by atoms with Crippen LogP contribution in [0.15, 0.2) is 84.6 Å². The van der Waals surface area contributed by atoms with E-state index in [2.05, 4.69) is 46.1 Å². The van der Waals surface area contributed by atoms with E-state index in [0.717, 1.165) is 12.0 Å². The van der Waals surface area contributed by atoms with Gasteiger partial charge in [-0.15, -0.1) is 0 Å². The second-order valence-electron chi connectivity index (χ2n) is 20.8. The van der Waals surface area contributed by atoms with Gasteiger partial charge in [-0.1, -0.05) is 95.9 Å². The van der Waals surface area contributed by atoms with Crippen LogP contribution in [-0.2, 0) is 71.1 Å². The number of hydrogen-bond acceptors (Lipinski definition) is 18. The molecule has 1 spiro atoms. The molecule has 6 heterocycles. The molecule has 18 heteroatoms. The van der Waals surface area contributed by atoms with Gasteiger partial charge in [0.05, 0.1) is 43.2 Å². The molecule has 6 aliphatic heterocycles. The molecule has 0 aromatic heterocycles. The highest BCUT2D eigenvalue weighted by Crippen LogP contribution is 2.48. The van der Waals surface area contributed by atoms with E-state index >= 15 is 0 Å². The second kappa shape index (κ2) is 25.3. The molecule has 2 bridgehead atoms. The molecule has 1 aliphatic carbocycles. The lowest BCUT2D eigenvalue weighted by molar-refractivity contribution is -0.318. The summed E-state index contributed by atoms with van der Waals surface area (Å²) in [7, 11) is 3.16. The summed E-state index contributed by atoms with van der Waals surface area (Å²) >= 11 is 0. The molecule has 1 N–H and O–H groups in total. The Morgan fingerprint density at radius 2 is 1.49 bits per heavy atom. The van der Waals surface area contributed by atoms with Crippen molar-refractivity contribution in [3.63, 3.8) is 0 Å². The SMILES string of the molecule is C=CCOC(=O)O[C@H]1[C@H](C)O[C@@H](O[C@H]2[C@H](C)O[C@@H](O[C@@H]3/C(C)=C/C[C@@H]4C[C@@H](C[C@]5(C=C[C@H](C)[C@@H]([C@@H](C)CC)O5)O4)OC(=O)[C@@H]4C=C(C)[C@@H](OC(=O)OCC=C)[C@H]5OC/C(=C\C=C\[C@@H]3C)[C@]54O)C[C@@H]2OC)C[C@@H]1OC. The zero-order chi connectivity index (χ0) is 53.5. The summed E-state index contributed by atoms with van der Waals surface area (Å²) in [6.07, 6.45) is 8.00. The van der Waals surface area contributed by atoms with Crippen molar-refractivity contribution in [1.29, 1.82) is 0 Å². The van der Waals surface area contributed by atoms with E-state index in [1.807, 2.05) is 39.0 Å². The molecule has 0 amide bonds. The van der Waals surface area contributed by atoms with Gasteiger partial charge >= 0.3 is 18.3 Å². The molecule has 412 valence electrons. The predicted octanol–water partition coefficient (Wildman–Crippen LogP) is 8.07. The highest BCUT2D eigenvalue weighted by molar-refractivity contribution is 5.79. The summed E-state index contributed by atoms with van der Waals surface area (Å²) in [6, 6.07) is 0. The quantitative estimate of drug-likeness (QED) is 0.0993. The molecule has 0 aromatic carbocycles. The number of ether oxygens (including phenoxy) is 14. The van der Waals surface area contributed by atoms with Crippen molar-refractivity contribution in [2.24, 2.45) is 23.7 Å². The number of hydrogen-bond donors (Lipinski definition) is 1. The smallest absolute Gasteiger partial charge is 0.462 e. The van der Waals surface area contributed by atoms with E-state index in [1.54, 1.807) is 33.1 Å². The number of allylic oxidation sites excluding steroid dienone is 2. The molecule has 0 unspecified atom stereocenters. The van der Waals surface area contributed by atoms with Crippen LogP contribution in [-0.4, -0.2) is 155 Å². The third-order valence-electron chi connectivity index (χ3n) is 15.5. The molecular formula is C56H80O18. The van der Waals surface area contributed by atoms with Gasteiger partial charge in [0.2, 0.25) is 0 Å². The molecule has 74 heavy (non-hydrogen) atoms. The molecular weight excluding hydrogens is 961 g/mol. The predicted molar refractivity (Wildman–Crippen MR) is 268 cm³/mol. The van der Waals surface area contributed by atoms with Gasteiger partial charge in [0.15, 0.2) is 30.6 Å². The molecule has 7 aliphatic rings. The standard InChI is InChI=1S/C56H80O18/c1-13-23-63-53(58)71-48-35(8)25-41-52(57)68-40-26-39(73-55(29-40)22-21-34(7)47(74-55)31(4)15-3)20-19-33(6)46(32(5)17-16-18-38-30-65-51(48)56(38,41)60)69-44-27-42(61-11)49(36(9)66-44)70-45-28-43(62-12)50(37(10)67-45)72-54(59)64-24-14-2/h13-14,16-19,21-22,25,31-32,34,36-37,39-51,60H,1-2,15,20,23-24,26-30H2,3-12H3/b17-16+,33-19+,38-18+/t31-,32-,34-,36-,37-,39+,40-,41-,42-,43-,44-,45-,46-,47+,48+,49-,50-,51+,55+,56+/m0/s1. The number of fused-ring (bicyclic) bond motifs is 2. The maximum absolute atomic E-state index is 14.7. The fraction of sp³-hybridized carbons (Fsp3) is 0.696. The van der Waals surface area contributed by atoms with Crippen LogP contribution in [0.4, 0.5) is 9.59 Å². The van der Waals surface area contributed by atoms with Crippen LogP contribution < -0.4 is 0 Å².